The summed E-state index contributed by atoms with van der Waals surface area (Å²) in [5, 5.41) is 10.6. The van der Waals surface area contributed by atoms with Crippen LogP contribution in [0.3, 0.4) is 0 Å². The first-order valence-electron chi connectivity index (χ1n) is 40.1. The van der Waals surface area contributed by atoms with Gasteiger partial charge in [0.05, 0.1) is 26.4 Å². The van der Waals surface area contributed by atoms with E-state index in [1.807, 2.05) is 0 Å². The van der Waals surface area contributed by atoms with E-state index in [1.165, 1.54) is 38.5 Å². The van der Waals surface area contributed by atoms with Crippen molar-refractivity contribution >= 4 is 39.5 Å². The van der Waals surface area contributed by atoms with Crippen LogP contribution >= 0.6 is 15.6 Å². The van der Waals surface area contributed by atoms with Crippen molar-refractivity contribution in [2.24, 2.45) is 0 Å². The Morgan fingerprint density at radius 2 is 0.500 bits per heavy atom. The molecule has 5 atom stereocenters. The fraction of sp³-hybridized carbons (Fsp3) is 0.671. The summed E-state index contributed by atoms with van der Waals surface area (Å²) in [6.07, 6.45) is 86.8. The van der Waals surface area contributed by atoms with Crippen LogP contribution in [0.25, 0.3) is 0 Å². The summed E-state index contributed by atoms with van der Waals surface area (Å²) in [6, 6.07) is 0. The van der Waals surface area contributed by atoms with Gasteiger partial charge in [-0.3, -0.25) is 37.3 Å². The highest BCUT2D eigenvalue weighted by molar-refractivity contribution is 7.47. The average molecular weight is 1500 g/mol. The Morgan fingerprint density at radius 3 is 0.769 bits per heavy atom. The fourth-order valence-electron chi connectivity index (χ4n) is 10.3. The molecule has 0 saturated carbocycles. The van der Waals surface area contributed by atoms with Gasteiger partial charge in [0, 0.05) is 25.7 Å². The minimum absolute atomic E-state index is 0.0593. The maximum atomic E-state index is 13.1. The Morgan fingerprint density at radius 1 is 0.279 bits per heavy atom. The van der Waals surface area contributed by atoms with Crippen LogP contribution in [0.5, 0.6) is 0 Å². The molecule has 0 aromatic carbocycles. The third-order valence-electron chi connectivity index (χ3n) is 16.3. The number of hydrogen-bond acceptors (Lipinski definition) is 15. The second kappa shape index (κ2) is 76.1. The number of allylic oxidation sites excluding steroid dienone is 24. The minimum atomic E-state index is -4.99. The maximum Gasteiger partial charge on any atom is 0.472 e. The summed E-state index contributed by atoms with van der Waals surface area (Å²) in [7, 11) is -9.98. The zero-order valence-electron chi connectivity index (χ0n) is 64.9. The van der Waals surface area contributed by atoms with E-state index in [1.54, 1.807) is 0 Å². The number of phosphoric ester groups is 2. The lowest BCUT2D eigenvalue weighted by Gasteiger charge is -2.21. The van der Waals surface area contributed by atoms with Crippen LogP contribution in [0.2, 0.25) is 0 Å². The number of ether oxygens (including phenoxy) is 4. The van der Waals surface area contributed by atoms with Crippen LogP contribution in [0, 0.1) is 0 Å². The van der Waals surface area contributed by atoms with Crippen molar-refractivity contribution in [1.82, 2.24) is 0 Å². The summed E-state index contributed by atoms with van der Waals surface area (Å²) in [5.74, 6) is -2.24. The second-order valence-electron chi connectivity index (χ2n) is 26.2. The molecule has 0 radical (unpaired) electrons. The van der Waals surface area contributed by atoms with E-state index in [0.29, 0.717) is 25.7 Å². The average Bonchev–Trinajstić information content (AvgIpc) is 0.931. The van der Waals surface area contributed by atoms with Crippen LogP contribution in [0.4, 0.5) is 0 Å². The molecule has 0 aliphatic rings. The van der Waals surface area contributed by atoms with Gasteiger partial charge in [0.2, 0.25) is 0 Å². The number of unbranched alkanes of at least 4 members (excludes halogenated alkanes) is 24. The van der Waals surface area contributed by atoms with Gasteiger partial charge in [-0.25, -0.2) is 9.13 Å². The zero-order valence-corrected chi connectivity index (χ0v) is 66.7. The third-order valence-corrected chi connectivity index (χ3v) is 18.2. The molecule has 3 N–H and O–H groups in total. The van der Waals surface area contributed by atoms with Crippen LogP contribution < -0.4 is 0 Å². The predicted octanol–water partition coefficient (Wildman–Crippen LogP) is 23.4. The molecular weight excluding hydrogens is 1350 g/mol. The van der Waals surface area contributed by atoms with Gasteiger partial charge in [-0.2, -0.15) is 0 Å². The highest BCUT2D eigenvalue weighted by atomic mass is 31.2. The first-order valence-corrected chi connectivity index (χ1v) is 43.1. The van der Waals surface area contributed by atoms with Gasteiger partial charge >= 0.3 is 39.5 Å². The molecule has 0 rings (SSSR count). The molecular formula is C85H142O17P2. The van der Waals surface area contributed by atoms with E-state index in [9.17, 15) is 43.2 Å². The lowest BCUT2D eigenvalue weighted by atomic mass is 10.1. The number of phosphoric acid groups is 2. The molecule has 5 unspecified atom stereocenters. The van der Waals surface area contributed by atoms with Crippen molar-refractivity contribution < 1.29 is 80.2 Å². The highest BCUT2D eigenvalue weighted by Gasteiger charge is 2.30. The summed E-state index contributed by atoms with van der Waals surface area (Å²) in [5.41, 5.74) is 0. The van der Waals surface area contributed by atoms with Crippen molar-refractivity contribution in [3.8, 4) is 0 Å². The summed E-state index contributed by atoms with van der Waals surface area (Å²) in [4.78, 5) is 73.0. The largest absolute Gasteiger partial charge is 0.472 e. The smallest absolute Gasteiger partial charge is 0.462 e. The van der Waals surface area contributed by atoms with Crippen molar-refractivity contribution in [3.63, 3.8) is 0 Å². The van der Waals surface area contributed by atoms with Gasteiger partial charge in [-0.05, 0) is 141 Å². The van der Waals surface area contributed by atoms with Crippen molar-refractivity contribution in [1.29, 1.82) is 0 Å². The van der Waals surface area contributed by atoms with E-state index < -0.39 is 97.5 Å². The first-order chi connectivity index (χ1) is 50.7. The molecule has 0 heterocycles. The molecule has 0 spiro atoms. The minimum Gasteiger partial charge on any atom is -0.462 e. The van der Waals surface area contributed by atoms with Gasteiger partial charge in [0.1, 0.15) is 19.3 Å². The number of hydrogen-bond donors (Lipinski definition) is 3. The number of aliphatic hydroxyl groups is 1. The second-order valence-corrected chi connectivity index (χ2v) is 29.1. The van der Waals surface area contributed by atoms with E-state index in [0.717, 1.165) is 193 Å². The van der Waals surface area contributed by atoms with Gasteiger partial charge in [0.25, 0.3) is 0 Å². The van der Waals surface area contributed by atoms with Crippen molar-refractivity contribution in [2.75, 3.05) is 39.6 Å². The highest BCUT2D eigenvalue weighted by Crippen LogP contribution is 2.45. The molecule has 0 amide bonds. The number of esters is 4. The lowest BCUT2D eigenvalue weighted by molar-refractivity contribution is -0.161. The van der Waals surface area contributed by atoms with Gasteiger partial charge < -0.3 is 33.8 Å². The molecule has 0 fully saturated rings. The normalized spacial score (nSPS) is 14.6. The van der Waals surface area contributed by atoms with E-state index in [4.69, 9.17) is 37.0 Å². The molecule has 0 aromatic rings. The molecule has 0 bridgehead atoms. The van der Waals surface area contributed by atoms with Crippen LogP contribution in [-0.2, 0) is 65.4 Å². The maximum absolute atomic E-state index is 13.1. The zero-order chi connectivity index (χ0) is 76.0. The lowest BCUT2D eigenvalue weighted by Crippen LogP contribution is -2.30. The van der Waals surface area contributed by atoms with Gasteiger partial charge in [-0.1, -0.05) is 289 Å². The number of carbonyl (C=O) groups excluding carboxylic acids is 4. The van der Waals surface area contributed by atoms with E-state index in [-0.39, 0.29) is 25.7 Å². The quantitative estimate of drug-likeness (QED) is 0.0169. The molecule has 17 nitrogen and oxygen atoms in total. The number of carbonyl (C=O) groups is 4. The molecule has 0 aliphatic heterocycles. The van der Waals surface area contributed by atoms with Crippen LogP contribution in [-0.4, -0.2) is 96.7 Å². The number of aliphatic hydroxyl groups excluding tert-OH is 1. The summed E-state index contributed by atoms with van der Waals surface area (Å²) in [6.45, 7) is 4.46. The standard InChI is InChI=1S/C85H142O17P2/c1-5-9-13-17-21-25-29-32-35-38-39-42-44-47-51-54-58-62-66-70-83(88)96-76-81(102-85(90)72-68-64-60-56-52-48-45-41-37-34-31-27-23-19-15-11-7-3)78-100-104(93,94)98-74-79(86)73-97-103(91,92)99-77-80(101-84(89)71-67-63-59-55-49-28-24-20-16-12-8-4)75-95-82(87)69-65-61-57-53-50-46-43-40-36-33-30-26-22-18-14-10-6-2/h9-11,13-15,21-23,25-27,32-37,39,42-43,45-46,48,79-81,86H,5-8,12,16-20,24,28-31,38,40-41,44,47,49-78H2,1-4H3,(H,91,92)(H,93,94)/b13-9-,14-10-,15-11-,25-21-,26-22-,27-23-,35-32-,36-33-,37-34-,42-39-,46-43-,48-45-. The van der Waals surface area contributed by atoms with Crippen molar-refractivity contribution in [2.45, 2.75) is 329 Å². The molecule has 0 aromatic heterocycles. The Hall–Kier alpha value is -5.06. The molecule has 0 saturated heterocycles. The summed E-state index contributed by atoms with van der Waals surface area (Å²) >= 11 is 0. The molecule has 594 valence electrons. The Kier molecular flexibility index (Phi) is 72.4. The number of rotatable bonds is 74. The molecule has 19 heteroatoms. The van der Waals surface area contributed by atoms with E-state index in [2.05, 4.69) is 174 Å². The Labute approximate surface area is 630 Å². The third kappa shape index (κ3) is 75.2. The Bertz CT molecular complexity index is 2540. The van der Waals surface area contributed by atoms with Gasteiger partial charge in [-0.15, -0.1) is 0 Å². The molecule has 0 aliphatic carbocycles. The SMILES string of the molecule is CC/C=C\C/C=C\C/C=C\C/C=C\CCCCCCCCC(=O)OCC(COP(=O)(O)OCC(O)COP(=O)(O)OCC(COC(=O)CCCCCC/C=C\C/C=C\C/C=C\C/C=C\CC)OC(=O)CCCCCCCCCCCCC)OC(=O)CCCCCC/C=C\C/C=C\C/C=C\C/C=C\CC. The Balaban J connectivity index is 5.39. The fourth-order valence-corrected chi connectivity index (χ4v) is 11.9. The van der Waals surface area contributed by atoms with E-state index >= 15 is 0 Å². The van der Waals surface area contributed by atoms with Crippen molar-refractivity contribution in [3.05, 3.63) is 146 Å². The monoisotopic (exact) mass is 1500 g/mol. The predicted molar refractivity (Wildman–Crippen MR) is 427 cm³/mol. The molecule has 104 heavy (non-hydrogen) atoms. The van der Waals surface area contributed by atoms with Gasteiger partial charge in [0.15, 0.2) is 12.2 Å². The first kappa shape index (κ1) is 98.9. The summed E-state index contributed by atoms with van der Waals surface area (Å²) < 4.78 is 68.6. The van der Waals surface area contributed by atoms with Crippen LogP contribution in [0.1, 0.15) is 310 Å². The topological polar surface area (TPSA) is 237 Å². The van der Waals surface area contributed by atoms with Crippen LogP contribution in [0.15, 0.2) is 146 Å².